The van der Waals surface area contributed by atoms with Gasteiger partial charge in [0, 0.05) is 12.8 Å². The maximum absolute atomic E-state index is 12.9. The Morgan fingerprint density at radius 1 is 0.383 bits per heavy atom. The lowest BCUT2D eigenvalue weighted by Crippen LogP contribution is -2.44. The van der Waals surface area contributed by atoms with Gasteiger partial charge in [0.2, 0.25) is 0 Å². The lowest BCUT2D eigenvalue weighted by molar-refractivity contribution is -0.870. The number of carboxylic acid groups (broad SMARTS) is 1. The summed E-state index contributed by atoms with van der Waals surface area (Å²) in [6.45, 7) is 4.61. The number of esters is 2. The maximum atomic E-state index is 12.9. The molecule has 0 aromatic heterocycles. The van der Waals surface area contributed by atoms with Gasteiger partial charge < -0.3 is 33.3 Å². The van der Waals surface area contributed by atoms with Crippen LogP contribution in [-0.4, -0.2) is 82.3 Å². The molecule has 2 unspecified atom stereocenters. The summed E-state index contributed by atoms with van der Waals surface area (Å²) in [7, 11) is 5.92. The Kier molecular flexibility index (Phi) is 58.5. The van der Waals surface area contributed by atoms with Crippen molar-refractivity contribution < 1.29 is 42.9 Å². The van der Waals surface area contributed by atoms with E-state index in [1.165, 1.54) is 122 Å². The Bertz CT molecular complexity index is 1740. The van der Waals surface area contributed by atoms with E-state index in [9.17, 15) is 19.5 Å². The molecule has 0 fully saturated rings. The summed E-state index contributed by atoms with van der Waals surface area (Å²) in [5, 5.41) is 11.8. The summed E-state index contributed by atoms with van der Waals surface area (Å²) in [6, 6.07) is 0. The molecule has 9 heteroatoms. The summed E-state index contributed by atoms with van der Waals surface area (Å²) in [5.41, 5.74) is 0. The Hall–Kier alpha value is -4.31. The predicted molar refractivity (Wildman–Crippen MR) is 343 cm³/mol. The summed E-state index contributed by atoms with van der Waals surface area (Å²) >= 11 is 0. The molecule has 0 aliphatic heterocycles. The standard InChI is InChI=1S/C72H121NO8/c1-6-8-10-12-14-16-18-20-22-24-26-28-30-31-32-33-34-35-36-37-38-39-41-43-45-47-49-51-53-55-57-59-61-63-70(75)81-68(67-80-72(71(76)77)78-65-64-73(3,4)5)66-79-69(74)62-60-58-56-54-52-50-48-46-44-42-40-29-27-25-23-21-19-17-15-13-11-9-7-2/h8,10,14,16,19-22,25-28,31-32,34-35,37-38,41,43,68,72H,6-7,9,11-13,15,17-18,23-24,29-30,33,36,39-40,42,44-67H2,1-5H3/b10-8-,16-14-,21-19-,22-20-,27-25-,28-26-,32-31-,35-34-,38-37-,43-41-. The summed E-state index contributed by atoms with van der Waals surface area (Å²) in [4.78, 5) is 37.4. The first-order chi connectivity index (χ1) is 39.6. The van der Waals surface area contributed by atoms with Crippen molar-refractivity contribution in [2.45, 2.75) is 270 Å². The van der Waals surface area contributed by atoms with Crippen molar-refractivity contribution in [2.24, 2.45) is 0 Å². The Balaban J connectivity index is 4.23. The molecule has 0 heterocycles. The zero-order valence-electron chi connectivity index (χ0n) is 52.6. The number of aliphatic carboxylic acids is 1. The lowest BCUT2D eigenvalue weighted by Gasteiger charge is -2.26. The number of carbonyl (C=O) groups is 3. The number of hydrogen-bond donors (Lipinski definition) is 0. The van der Waals surface area contributed by atoms with E-state index in [4.69, 9.17) is 18.9 Å². The maximum Gasteiger partial charge on any atom is 0.306 e. The van der Waals surface area contributed by atoms with Gasteiger partial charge in [-0.15, -0.1) is 0 Å². The molecule has 0 aliphatic rings. The number of likely N-dealkylation sites (N-methyl/N-ethyl adjacent to an activating group) is 1. The van der Waals surface area contributed by atoms with Gasteiger partial charge in [0.25, 0.3) is 0 Å². The highest BCUT2D eigenvalue weighted by Gasteiger charge is 2.22. The summed E-state index contributed by atoms with van der Waals surface area (Å²) < 4.78 is 22.7. The van der Waals surface area contributed by atoms with E-state index >= 15 is 0 Å². The molecule has 0 radical (unpaired) electrons. The summed E-state index contributed by atoms with van der Waals surface area (Å²) in [5.74, 6) is -2.30. The van der Waals surface area contributed by atoms with Gasteiger partial charge >= 0.3 is 11.9 Å². The molecular formula is C72H121NO8. The minimum atomic E-state index is -1.63. The number of quaternary nitrogens is 1. The molecule has 0 amide bonds. The molecule has 0 aromatic carbocycles. The fourth-order valence-electron chi connectivity index (χ4n) is 8.70. The molecule has 462 valence electrons. The van der Waals surface area contributed by atoms with Crippen LogP contribution in [0.2, 0.25) is 0 Å². The van der Waals surface area contributed by atoms with E-state index < -0.39 is 24.3 Å². The van der Waals surface area contributed by atoms with Crippen LogP contribution in [0.4, 0.5) is 0 Å². The highest BCUT2D eigenvalue weighted by Crippen LogP contribution is 2.16. The number of rotatable bonds is 59. The topological polar surface area (TPSA) is 111 Å². The van der Waals surface area contributed by atoms with Gasteiger partial charge in [-0.2, -0.15) is 0 Å². The van der Waals surface area contributed by atoms with Crippen LogP contribution in [0.15, 0.2) is 122 Å². The first-order valence-electron chi connectivity index (χ1n) is 32.7. The monoisotopic (exact) mass is 1130 g/mol. The Morgan fingerprint density at radius 2 is 0.704 bits per heavy atom. The highest BCUT2D eigenvalue weighted by atomic mass is 16.7. The SMILES string of the molecule is CC/C=C\C/C=C\C/C=C\C/C=C\C/C=C\C/C=C\C/C=C\C/C=C\CCCCCCCCCCC(=O)OC(COC(=O)CCCCCCCCCCCCC/C=C\C/C=C\CCCCCCC)COC(OCC[N+](C)(C)C)C(=O)[O-]. The molecule has 0 aliphatic carbocycles. The second-order valence-corrected chi connectivity index (χ2v) is 22.7. The fourth-order valence-corrected chi connectivity index (χ4v) is 8.70. The molecule has 0 saturated heterocycles. The number of allylic oxidation sites excluding steroid dienone is 20. The van der Waals surface area contributed by atoms with Gasteiger partial charge in [-0.1, -0.05) is 257 Å². The number of nitrogens with zero attached hydrogens (tertiary/aromatic N) is 1. The van der Waals surface area contributed by atoms with Crippen molar-refractivity contribution in [1.82, 2.24) is 0 Å². The van der Waals surface area contributed by atoms with E-state index in [-0.39, 0.29) is 38.6 Å². The quantitative estimate of drug-likeness (QED) is 0.0195. The molecule has 0 spiro atoms. The first-order valence-corrected chi connectivity index (χ1v) is 32.7. The number of ether oxygens (including phenoxy) is 4. The summed E-state index contributed by atoms with van der Waals surface area (Å²) in [6.07, 6.45) is 84.0. The Labute approximate surface area is 497 Å². The van der Waals surface area contributed by atoms with Crippen molar-refractivity contribution in [3.05, 3.63) is 122 Å². The van der Waals surface area contributed by atoms with Gasteiger partial charge in [-0.05, 0) is 109 Å². The molecule has 0 aromatic rings. The first kappa shape index (κ1) is 76.7. The fraction of sp³-hybridized carbons (Fsp3) is 0.681. The minimum absolute atomic E-state index is 0.140. The normalized spacial score (nSPS) is 13.5. The molecule has 0 bridgehead atoms. The molecule has 2 atom stereocenters. The molecular weight excluding hydrogens is 1010 g/mol. The minimum Gasteiger partial charge on any atom is -0.545 e. The van der Waals surface area contributed by atoms with Crippen LogP contribution < -0.4 is 5.11 Å². The lowest BCUT2D eigenvalue weighted by atomic mass is 10.0. The largest absolute Gasteiger partial charge is 0.545 e. The van der Waals surface area contributed by atoms with Crippen LogP contribution in [0.5, 0.6) is 0 Å². The number of carboxylic acids is 1. The zero-order valence-corrected chi connectivity index (χ0v) is 52.6. The van der Waals surface area contributed by atoms with Crippen LogP contribution in [0.25, 0.3) is 0 Å². The third-order valence-electron chi connectivity index (χ3n) is 13.7. The molecule has 0 rings (SSSR count). The Morgan fingerprint density at radius 3 is 1.05 bits per heavy atom. The third-order valence-corrected chi connectivity index (χ3v) is 13.7. The zero-order chi connectivity index (χ0) is 59.1. The average Bonchev–Trinajstić information content (AvgIpc) is 3.44. The van der Waals surface area contributed by atoms with E-state index in [0.29, 0.717) is 17.4 Å². The van der Waals surface area contributed by atoms with Gasteiger partial charge in [-0.3, -0.25) is 9.59 Å². The van der Waals surface area contributed by atoms with Crippen molar-refractivity contribution in [1.29, 1.82) is 0 Å². The van der Waals surface area contributed by atoms with E-state index in [2.05, 4.69) is 135 Å². The van der Waals surface area contributed by atoms with Crippen LogP contribution in [-0.2, 0) is 33.3 Å². The van der Waals surface area contributed by atoms with Crippen molar-refractivity contribution in [2.75, 3.05) is 47.5 Å². The van der Waals surface area contributed by atoms with E-state index in [1.807, 2.05) is 21.1 Å². The van der Waals surface area contributed by atoms with Gasteiger partial charge in [-0.25, -0.2) is 0 Å². The number of hydrogen-bond acceptors (Lipinski definition) is 8. The molecule has 0 saturated carbocycles. The molecule has 9 nitrogen and oxygen atoms in total. The van der Waals surface area contributed by atoms with Crippen LogP contribution >= 0.6 is 0 Å². The smallest absolute Gasteiger partial charge is 0.306 e. The third kappa shape index (κ3) is 63.1. The second-order valence-electron chi connectivity index (χ2n) is 22.7. The van der Waals surface area contributed by atoms with Crippen molar-refractivity contribution >= 4 is 17.9 Å². The number of carbonyl (C=O) groups excluding carboxylic acids is 3. The van der Waals surface area contributed by atoms with E-state index in [1.54, 1.807) is 0 Å². The van der Waals surface area contributed by atoms with Gasteiger partial charge in [0.15, 0.2) is 12.4 Å². The highest BCUT2D eigenvalue weighted by molar-refractivity contribution is 5.70. The van der Waals surface area contributed by atoms with Crippen LogP contribution in [0.3, 0.4) is 0 Å². The molecule has 81 heavy (non-hydrogen) atoms. The van der Waals surface area contributed by atoms with E-state index in [0.717, 1.165) is 103 Å². The van der Waals surface area contributed by atoms with Crippen LogP contribution in [0.1, 0.15) is 258 Å². The average molecular weight is 1130 g/mol. The van der Waals surface area contributed by atoms with Crippen molar-refractivity contribution in [3.8, 4) is 0 Å². The predicted octanol–water partition coefficient (Wildman–Crippen LogP) is 18.7. The van der Waals surface area contributed by atoms with Crippen LogP contribution in [0, 0.1) is 0 Å². The number of unbranched alkanes of at least 4 members (excludes halogenated alkanes) is 24. The second kappa shape index (κ2) is 61.8. The van der Waals surface area contributed by atoms with Gasteiger partial charge in [0.05, 0.1) is 40.3 Å². The molecule has 0 N–H and O–H groups in total. The van der Waals surface area contributed by atoms with Gasteiger partial charge in [0.1, 0.15) is 13.2 Å². The van der Waals surface area contributed by atoms with Crippen molar-refractivity contribution in [3.63, 3.8) is 0 Å².